The molecule has 5 rings (SSSR count). The second-order valence-corrected chi connectivity index (χ2v) is 7.89. The lowest BCUT2D eigenvalue weighted by molar-refractivity contribution is -0.154. The topological polar surface area (TPSA) is 43.4 Å². The van der Waals surface area contributed by atoms with Crippen molar-refractivity contribution in [2.75, 3.05) is 5.75 Å². The third-order valence-electron chi connectivity index (χ3n) is 6.21. The van der Waals surface area contributed by atoms with Crippen molar-refractivity contribution < 1.29 is 14.3 Å². The van der Waals surface area contributed by atoms with E-state index in [1.807, 2.05) is 0 Å². The maximum Gasteiger partial charge on any atom is 0.331 e. The van der Waals surface area contributed by atoms with E-state index in [-0.39, 0.29) is 17.4 Å². The van der Waals surface area contributed by atoms with Crippen LogP contribution in [0.1, 0.15) is 25.7 Å². The van der Waals surface area contributed by atoms with Crippen molar-refractivity contribution >= 4 is 23.7 Å². The summed E-state index contributed by atoms with van der Waals surface area (Å²) in [6.07, 6.45) is 8.73. The summed E-state index contributed by atoms with van der Waals surface area (Å²) in [4.78, 5) is 23.7. The molecule has 4 atom stereocenters. The van der Waals surface area contributed by atoms with E-state index in [0.29, 0.717) is 23.7 Å². The molecular weight excluding hydrogens is 248 g/mol. The van der Waals surface area contributed by atoms with Crippen molar-refractivity contribution in [3.05, 3.63) is 12.2 Å². The summed E-state index contributed by atoms with van der Waals surface area (Å²) in [5.74, 6) is 1.64. The molecule has 3 aliphatic carbocycles. The molecule has 0 N–H and O–H groups in total. The van der Waals surface area contributed by atoms with Crippen molar-refractivity contribution in [2.24, 2.45) is 22.7 Å². The lowest BCUT2D eigenvalue weighted by Gasteiger charge is -2.56. The highest BCUT2D eigenvalue weighted by Crippen LogP contribution is 2.81. The van der Waals surface area contributed by atoms with Crippen LogP contribution in [0.4, 0.5) is 0 Å². The Morgan fingerprint density at radius 3 is 2.61 bits per heavy atom. The van der Waals surface area contributed by atoms with Crippen LogP contribution in [0.15, 0.2) is 12.2 Å². The molecule has 5 aliphatic rings. The number of thioether (sulfide) groups is 1. The van der Waals surface area contributed by atoms with Gasteiger partial charge in [0, 0.05) is 11.2 Å². The van der Waals surface area contributed by atoms with Gasteiger partial charge < -0.3 is 4.74 Å². The monoisotopic (exact) mass is 262 g/mol. The lowest BCUT2D eigenvalue weighted by atomic mass is 9.64. The molecule has 2 bridgehead atoms. The lowest BCUT2D eigenvalue weighted by Crippen LogP contribution is -2.61. The minimum atomic E-state index is -0.524. The zero-order valence-electron chi connectivity index (χ0n) is 9.98. The van der Waals surface area contributed by atoms with E-state index in [9.17, 15) is 9.59 Å². The maximum atomic E-state index is 12.2. The van der Waals surface area contributed by atoms with Gasteiger partial charge >= 0.3 is 11.9 Å². The van der Waals surface area contributed by atoms with E-state index in [0.717, 1.165) is 12.2 Å². The Morgan fingerprint density at radius 2 is 2.11 bits per heavy atom. The second-order valence-electron chi connectivity index (χ2n) is 6.62. The molecule has 0 aromatic rings. The number of ether oxygens (including phenoxy) is 1. The van der Waals surface area contributed by atoms with Gasteiger partial charge in [0.05, 0.1) is 6.42 Å². The molecule has 0 aromatic heterocycles. The van der Waals surface area contributed by atoms with Crippen LogP contribution in [-0.2, 0) is 14.3 Å². The summed E-state index contributed by atoms with van der Waals surface area (Å²) in [6, 6.07) is 0. The van der Waals surface area contributed by atoms with E-state index >= 15 is 0 Å². The summed E-state index contributed by atoms with van der Waals surface area (Å²) in [5.41, 5.74) is 0.511. The van der Waals surface area contributed by atoms with Crippen molar-refractivity contribution in [2.45, 2.75) is 30.4 Å². The summed E-state index contributed by atoms with van der Waals surface area (Å²) < 4.78 is 4.36. The number of fused-ring (bicyclic) bond motifs is 2. The van der Waals surface area contributed by atoms with Gasteiger partial charge in [-0.25, -0.2) is 0 Å². The largest absolute Gasteiger partial charge is 0.392 e. The fourth-order valence-corrected chi connectivity index (χ4v) is 6.94. The van der Waals surface area contributed by atoms with Gasteiger partial charge in [-0.15, -0.1) is 11.8 Å². The standard InChI is InChI=1S/C14H14O3S/c15-10-6-14(11(16)17-10)13(7-18-14)5-8-1-2-9(13)12(8)3-4-12/h1-2,8-9H,3-7H2. The molecule has 4 heteroatoms. The highest BCUT2D eigenvalue weighted by molar-refractivity contribution is 8.03. The first-order chi connectivity index (χ1) is 8.63. The Hall–Kier alpha value is -0.770. The number of cyclic esters (lactones) is 2. The van der Waals surface area contributed by atoms with Gasteiger partial charge in [0.1, 0.15) is 4.75 Å². The molecular formula is C14H14O3S. The zero-order valence-corrected chi connectivity index (χ0v) is 10.8. The predicted molar refractivity (Wildman–Crippen MR) is 65.7 cm³/mol. The third kappa shape index (κ3) is 0.771. The minimum Gasteiger partial charge on any atom is -0.392 e. The van der Waals surface area contributed by atoms with Gasteiger partial charge in [-0.05, 0) is 36.5 Å². The Kier molecular flexibility index (Phi) is 1.44. The number of allylic oxidation sites excluding steroid dienone is 2. The molecule has 4 unspecified atom stereocenters. The molecule has 2 aliphatic heterocycles. The van der Waals surface area contributed by atoms with Gasteiger partial charge in [-0.3, -0.25) is 9.59 Å². The second kappa shape index (κ2) is 2.58. The molecule has 3 nitrogen and oxygen atoms in total. The summed E-state index contributed by atoms with van der Waals surface area (Å²) >= 11 is 1.66. The first kappa shape index (κ1) is 10.1. The first-order valence-corrected chi connectivity index (χ1v) is 7.69. The van der Waals surface area contributed by atoms with Crippen LogP contribution in [-0.4, -0.2) is 22.4 Å². The average molecular weight is 262 g/mol. The highest BCUT2D eigenvalue weighted by Gasteiger charge is 2.80. The Balaban J connectivity index is 1.64. The fraction of sp³-hybridized carbons (Fsp3) is 0.714. The zero-order chi connectivity index (χ0) is 12.2. The Morgan fingerprint density at radius 1 is 1.28 bits per heavy atom. The number of hydrogen-bond donors (Lipinski definition) is 0. The van der Waals surface area contributed by atoms with E-state index in [1.54, 1.807) is 11.8 Å². The quantitative estimate of drug-likeness (QED) is 0.380. The average Bonchev–Trinajstić information content (AvgIpc) is 2.89. The van der Waals surface area contributed by atoms with Gasteiger partial charge in [0.2, 0.25) is 0 Å². The van der Waals surface area contributed by atoms with Crippen LogP contribution in [0.25, 0.3) is 0 Å². The van der Waals surface area contributed by atoms with Crippen LogP contribution in [0.2, 0.25) is 0 Å². The number of carbonyl (C=O) groups excluding carboxylic acids is 2. The van der Waals surface area contributed by atoms with Crippen LogP contribution in [0, 0.1) is 22.7 Å². The fourth-order valence-electron chi connectivity index (χ4n) is 5.19. The molecule has 2 saturated carbocycles. The van der Waals surface area contributed by atoms with Crippen molar-refractivity contribution in [3.63, 3.8) is 0 Å². The molecule has 94 valence electrons. The number of carbonyl (C=O) groups is 2. The Labute approximate surface area is 109 Å². The molecule has 3 spiro atoms. The third-order valence-corrected chi connectivity index (χ3v) is 8.08. The molecule has 0 amide bonds. The number of hydrogen-bond acceptors (Lipinski definition) is 4. The predicted octanol–water partition coefficient (Wildman–Crippen LogP) is 1.92. The molecule has 2 saturated heterocycles. The van der Waals surface area contributed by atoms with Crippen LogP contribution >= 0.6 is 11.8 Å². The number of esters is 2. The number of rotatable bonds is 0. The van der Waals surface area contributed by atoms with Crippen LogP contribution < -0.4 is 0 Å². The van der Waals surface area contributed by atoms with Gasteiger partial charge in [-0.1, -0.05) is 12.2 Å². The van der Waals surface area contributed by atoms with Crippen LogP contribution in [0.3, 0.4) is 0 Å². The van der Waals surface area contributed by atoms with E-state index in [2.05, 4.69) is 12.2 Å². The smallest absolute Gasteiger partial charge is 0.331 e. The van der Waals surface area contributed by atoms with Crippen molar-refractivity contribution in [1.29, 1.82) is 0 Å². The molecule has 4 fully saturated rings. The SMILES string of the molecule is O=C1CC2(SCC23CC2C=CC3C23CC3)C(=O)O1. The van der Waals surface area contributed by atoms with E-state index in [1.165, 1.54) is 12.8 Å². The van der Waals surface area contributed by atoms with Gasteiger partial charge in [0.25, 0.3) is 0 Å². The molecule has 0 radical (unpaired) electrons. The van der Waals surface area contributed by atoms with E-state index in [4.69, 9.17) is 4.74 Å². The first-order valence-electron chi connectivity index (χ1n) is 6.70. The molecule has 2 heterocycles. The molecule has 0 aromatic carbocycles. The minimum absolute atomic E-state index is 0.0385. The van der Waals surface area contributed by atoms with Crippen LogP contribution in [0.5, 0.6) is 0 Å². The van der Waals surface area contributed by atoms with Gasteiger partial charge in [-0.2, -0.15) is 0 Å². The maximum absolute atomic E-state index is 12.2. The van der Waals surface area contributed by atoms with Gasteiger partial charge in [0.15, 0.2) is 0 Å². The van der Waals surface area contributed by atoms with Crippen molar-refractivity contribution in [3.8, 4) is 0 Å². The normalized spacial score (nSPS) is 53.6. The molecule has 18 heavy (non-hydrogen) atoms. The Bertz CT molecular complexity index is 535. The van der Waals surface area contributed by atoms with E-state index < -0.39 is 4.75 Å². The van der Waals surface area contributed by atoms with Crippen molar-refractivity contribution in [1.82, 2.24) is 0 Å². The highest BCUT2D eigenvalue weighted by atomic mass is 32.2. The summed E-state index contributed by atoms with van der Waals surface area (Å²) in [5, 5.41) is 0. The summed E-state index contributed by atoms with van der Waals surface area (Å²) in [6.45, 7) is 0. The summed E-state index contributed by atoms with van der Waals surface area (Å²) in [7, 11) is 0.